The number of rotatable bonds is 5. The molecule has 0 amide bonds. The van der Waals surface area contributed by atoms with E-state index in [2.05, 4.69) is 26.1 Å². The lowest BCUT2D eigenvalue weighted by Crippen LogP contribution is -2.45. The topological polar surface area (TPSA) is 12.0 Å². The first kappa shape index (κ1) is 14.4. The summed E-state index contributed by atoms with van der Waals surface area (Å²) in [6, 6.07) is 0.808. The summed E-state index contributed by atoms with van der Waals surface area (Å²) in [7, 11) is 0. The van der Waals surface area contributed by atoms with Crippen LogP contribution < -0.4 is 5.32 Å². The Hall–Kier alpha value is -0.0400. The van der Waals surface area contributed by atoms with Crippen molar-refractivity contribution in [1.82, 2.24) is 5.32 Å². The van der Waals surface area contributed by atoms with Crippen LogP contribution in [0.3, 0.4) is 0 Å². The summed E-state index contributed by atoms with van der Waals surface area (Å²) >= 11 is 0. The first-order valence-corrected chi connectivity index (χ1v) is 8.40. The zero-order valence-electron chi connectivity index (χ0n) is 12.8. The van der Waals surface area contributed by atoms with Gasteiger partial charge < -0.3 is 5.32 Å². The van der Waals surface area contributed by atoms with Crippen LogP contribution in [-0.4, -0.2) is 12.6 Å². The molecule has 106 valence electrons. The van der Waals surface area contributed by atoms with Crippen LogP contribution in [0.4, 0.5) is 0 Å². The van der Waals surface area contributed by atoms with Gasteiger partial charge in [-0.3, -0.25) is 0 Å². The van der Waals surface area contributed by atoms with Crippen molar-refractivity contribution in [3.05, 3.63) is 0 Å². The van der Waals surface area contributed by atoms with Crippen molar-refractivity contribution < 1.29 is 0 Å². The average Bonchev–Trinajstić information content (AvgIpc) is 2.86. The summed E-state index contributed by atoms with van der Waals surface area (Å²) in [4.78, 5) is 0. The van der Waals surface area contributed by atoms with Gasteiger partial charge in [-0.1, -0.05) is 46.5 Å². The fraction of sp³-hybridized carbons (Fsp3) is 1.00. The SMILES string of the molecule is CCC1(CNC2CCCCC2C(C)C)CCCC1. The molecule has 18 heavy (non-hydrogen) atoms. The summed E-state index contributed by atoms with van der Waals surface area (Å²) in [5.74, 6) is 1.78. The fourth-order valence-corrected chi connectivity index (χ4v) is 4.34. The van der Waals surface area contributed by atoms with Crippen LogP contribution in [0.5, 0.6) is 0 Å². The van der Waals surface area contributed by atoms with Crippen molar-refractivity contribution in [2.75, 3.05) is 6.54 Å². The molecule has 0 aromatic heterocycles. The highest BCUT2D eigenvalue weighted by Crippen LogP contribution is 2.41. The van der Waals surface area contributed by atoms with Gasteiger partial charge in [-0.15, -0.1) is 0 Å². The maximum Gasteiger partial charge on any atom is 0.00979 e. The maximum absolute atomic E-state index is 3.99. The van der Waals surface area contributed by atoms with Crippen LogP contribution in [0.2, 0.25) is 0 Å². The predicted molar refractivity (Wildman–Crippen MR) is 79.8 cm³/mol. The van der Waals surface area contributed by atoms with Crippen LogP contribution in [-0.2, 0) is 0 Å². The third-order valence-electron chi connectivity index (χ3n) is 5.83. The van der Waals surface area contributed by atoms with Crippen LogP contribution in [0.25, 0.3) is 0 Å². The second kappa shape index (κ2) is 6.41. The molecule has 2 saturated carbocycles. The van der Waals surface area contributed by atoms with Crippen molar-refractivity contribution in [3.63, 3.8) is 0 Å². The van der Waals surface area contributed by atoms with Gasteiger partial charge in [-0.2, -0.15) is 0 Å². The molecule has 0 bridgehead atoms. The maximum atomic E-state index is 3.99. The molecule has 0 aromatic rings. The molecule has 1 heteroatoms. The Morgan fingerprint density at radius 1 is 1.06 bits per heavy atom. The monoisotopic (exact) mass is 251 g/mol. The normalized spacial score (nSPS) is 32.0. The summed E-state index contributed by atoms with van der Waals surface area (Å²) in [5.41, 5.74) is 0.652. The van der Waals surface area contributed by atoms with E-state index in [-0.39, 0.29) is 0 Å². The average molecular weight is 251 g/mol. The van der Waals surface area contributed by atoms with Crippen LogP contribution >= 0.6 is 0 Å². The Bertz CT molecular complexity index is 240. The number of hydrogen-bond donors (Lipinski definition) is 1. The van der Waals surface area contributed by atoms with E-state index in [1.807, 2.05) is 0 Å². The van der Waals surface area contributed by atoms with Crippen LogP contribution in [0.1, 0.15) is 78.6 Å². The Morgan fingerprint density at radius 2 is 1.72 bits per heavy atom. The van der Waals surface area contributed by atoms with E-state index in [4.69, 9.17) is 0 Å². The summed E-state index contributed by atoms with van der Waals surface area (Å²) in [5, 5.41) is 3.99. The van der Waals surface area contributed by atoms with Gasteiger partial charge in [0.1, 0.15) is 0 Å². The molecule has 0 radical (unpaired) electrons. The van der Waals surface area contributed by atoms with Gasteiger partial charge in [0.05, 0.1) is 0 Å². The quantitative estimate of drug-likeness (QED) is 0.743. The number of nitrogens with one attached hydrogen (secondary N) is 1. The molecule has 1 nitrogen and oxygen atoms in total. The second-order valence-electron chi connectivity index (χ2n) is 7.24. The van der Waals surface area contributed by atoms with E-state index < -0.39 is 0 Å². The molecule has 0 spiro atoms. The summed E-state index contributed by atoms with van der Waals surface area (Å²) < 4.78 is 0. The van der Waals surface area contributed by atoms with Gasteiger partial charge in [-0.25, -0.2) is 0 Å². The van der Waals surface area contributed by atoms with Crippen molar-refractivity contribution in [3.8, 4) is 0 Å². The molecule has 2 fully saturated rings. The Kier molecular flexibility index (Phi) is 5.12. The minimum absolute atomic E-state index is 0.652. The molecule has 0 heterocycles. The minimum Gasteiger partial charge on any atom is -0.313 e. The standard InChI is InChI=1S/C17H33N/c1-4-17(11-7-8-12-17)13-18-16-10-6-5-9-15(16)14(2)3/h14-16,18H,4-13H2,1-3H3. The van der Waals surface area contributed by atoms with E-state index in [1.54, 1.807) is 0 Å². The zero-order chi connectivity index (χ0) is 13.0. The van der Waals surface area contributed by atoms with Crippen LogP contribution in [0, 0.1) is 17.3 Å². The van der Waals surface area contributed by atoms with Crippen molar-refractivity contribution in [2.45, 2.75) is 84.6 Å². The van der Waals surface area contributed by atoms with Crippen LogP contribution in [0.15, 0.2) is 0 Å². The Labute approximate surface area is 114 Å². The van der Waals surface area contributed by atoms with E-state index in [0.717, 1.165) is 17.9 Å². The molecule has 0 aliphatic heterocycles. The highest BCUT2D eigenvalue weighted by Gasteiger charge is 2.34. The molecule has 2 aliphatic rings. The molecule has 1 N–H and O–H groups in total. The zero-order valence-corrected chi connectivity index (χ0v) is 12.8. The van der Waals surface area contributed by atoms with Gasteiger partial charge >= 0.3 is 0 Å². The molecule has 0 aromatic carbocycles. The fourth-order valence-electron chi connectivity index (χ4n) is 4.34. The van der Waals surface area contributed by atoms with Gasteiger partial charge in [-0.05, 0) is 49.4 Å². The highest BCUT2D eigenvalue weighted by atomic mass is 14.9. The molecule has 2 atom stereocenters. The van der Waals surface area contributed by atoms with Gasteiger partial charge in [0.25, 0.3) is 0 Å². The summed E-state index contributed by atoms with van der Waals surface area (Å²) in [6.07, 6.45) is 13.0. The lowest BCUT2D eigenvalue weighted by Gasteiger charge is -2.38. The predicted octanol–water partition coefficient (Wildman–Crippen LogP) is 4.76. The van der Waals surface area contributed by atoms with E-state index >= 15 is 0 Å². The number of hydrogen-bond acceptors (Lipinski definition) is 1. The molecule has 2 unspecified atom stereocenters. The lowest BCUT2D eigenvalue weighted by molar-refractivity contribution is 0.173. The summed E-state index contributed by atoms with van der Waals surface area (Å²) in [6.45, 7) is 8.51. The Morgan fingerprint density at radius 3 is 2.33 bits per heavy atom. The van der Waals surface area contributed by atoms with Gasteiger partial charge in [0.15, 0.2) is 0 Å². The van der Waals surface area contributed by atoms with Gasteiger partial charge in [0, 0.05) is 12.6 Å². The molecule has 0 saturated heterocycles. The smallest absolute Gasteiger partial charge is 0.00979 e. The second-order valence-corrected chi connectivity index (χ2v) is 7.24. The third-order valence-corrected chi connectivity index (χ3v) is 5.83. The highest BCUT2D eigenvalue weighted by molar-refractivity contribution is 4.89. The molecular formula is C17H33N. The third kappa shape index (κ3) is 3.29. The largest absolute Gasteiger partial charge is 0.313 e. The molecule has 2 aliphatic carbocycles. The molecular weight excluding hydrogens is 218 g/mol. The minimum atomic E-state index is 0.652. The van der Waals surface area contributed by atoms with E-state index in [1.165, 1.54) is 64.3 Å². The van der Waals surface area contributed by atoms with Crippen molar-refractivity contribution >= 4 is 0 Å². The first-order chi connectivity index (χ1) is 8.67. The van der Waals surface area contributed by atoms with Crippen molar-refractivity contribution in [2.24, 2.45) is 17.3 Å². The first-order valence-electron chi connectivity index (χ1n) is 8.40. The van der Waals surface area contributed by atoms with E-state index in [9.17, 15) is 0 Å². The van der Waals surface area contributed by atoms with Crippen molar-refractivity contribution in [1.29, 1.82) is 0 Å². The Balaban J connectivity index is 1.87. The molecule has 2 rings (SSSR count). The van der Waals surface area contributed by atoms with Gasteiger partial charge in [0.2, 0.25) is 0 Å². The van der Waals surface area contributed by atoms with E-state index in [0.29, 0.717) is 5.41 Å². The lowest BCUT2D eigenvalue weighted by atomic mass is 9.76.